The zero-order valence-electron chi connectivity index (χ0n) is 10.1. The van der Waals surface area contributed by atoms with Crippen molar-refractivity contribution < 1.29 is 17.9 Å². The average Bonchev–Trinajstić information content (AvgIpc) is 2.38. The molecule has 1 aromatic carbocycles. The Morgan fingerprint density at radius 2 is 1.80 bits per heavy atom. The third-order valence-electron chi connectivity index (χ3n) is 2.38. The molecule has 0 amide bonds. The van der Waals surface area contributed by atoms with Crippen LogP contribution in [0.15, 0.2) is 47.2 Å². The van der Waals surface area contributed by atoms with Crippen LogP contribution in [-0.4, -0.2) is 11.3 Å². The molecule has 0 fully saturated rings. The predicted molar refractivity (Wildman–Crippen MR) is 72.4 cm³/mol. The minimum atomic E-state index is -4.66. The number of halogens is 4. The lowest BCUT2D eigenvalue weighted by atomic mass is 10.2. The molecule has 0 saturated carbocycles. The highest BCUT2D eigenvalue weighted by Crippen LogP contribution is 2.23. The number of benzene rings is 1. The number of hydrogen-bond acceptors (Lipinski definition) is 3. The predicted octanol–water partition coefficient (Wildman–Crippen LogP) is 4.35. The summed E-state index contributed by atoms with van der Waals surface area (Å²) in [6, 6.07) is 9.34. The summed E-state index contributed by atoms with van der Waals surface area (Å²) in [6.45, 7) is 0.482. The number of nitrogens with zero attached hydrogens (tertiary/aromatic N) is 1. The third kappa shape index (κ3) is 4.73. The topological polar surface area (TPSA) is 34.1 Å². The van der Waals surface area contributed by atoms with E-state index in [4.69, 9.17) is 0 Å². The van der Waals surface area contributed by atoms with Gasteiger partial charge in [-0.3, -0.25) is 0 Å². The van der Waals surface area contributed by atoms with Gasteiger partial charge in [-0.1, -0.05) is 12.1 Å². The summed E-state index contributed by atoms with van der Waals surface area (Å²) in [4.78, 5) is 4.05. The summed E-state index contributed by atoms with van der Waals surface area (Å²) in [5, 5.41) is 3.11. The molecule has 1 heterocycles. The molecule has 2 aromatic rings. The fourth-order valence-corrected chi connectivity index (χ4v) is 1.73. The highest BCUT2D eigenvalue weighted by molar-refractivity contribution is 9.10. The van der Waals surface area contributed by atoms with E-state index < -0.39 is 6.36 Å². The zero-order valence-corrected chi connectivity index (χ0v) is 11.7. The van der Waals surface area contributed by atoms with Gasteiger partial charge in [0.15, 0.2) is 0 Å². The van der Waals surface area contributed by atoms with E-state index in [-0.39, 0.29) is 5.75 Å². The third-order valence-corrected chi connectivity index (χ3v) is 2.85. The van der Waals surface area contributed by atoms with E-state index in [0.717, 1.165) is 15.9 Å². The van der Waals surface area contributed by atoms with Crippen molar-refractivity contribution in [3.63, 3.8) is 0 Å². The van der Waals surface area contributed by atoms with Gasteiger partial charge in [-0.25, -0.2) is 4.98 Å². The smallest absolute Gasteiger partial charge is 0.406 e. The second kappa shape index (κ2) is 6.13. The molecule has 1 N–H and O–H groups in total. The van der Waals surface area contributed by atoms with Gasteiger partial charge in [0.2, 0.25) is 0 Å². The van der Waals surface area contributed by atoms with Crippen LogP contribution in [0.25, 0.3) is 0 Å². The first kappa shape index (κ1) is 14.6. The van der Waals surface area contributed by atoms with Gasteiger partial charge in [0.25, 0.3) is 0 Å². The molecule has 7 heteroatoms. The summed E-state index contributed by atoms with van der Waals surface area (Å²) >= 11 is 3.23. The van der Waals surface area contributed by atoms with Gasteiger partial charge in [-0.2, -0.15) is 0 Å². The normalized spacial score (nSPS) is 11.2. The number of pyridine rings is 1. The number of nitrogens with one attached hydrogen (secondary N) is 1. The Hall–Kier alpha value is -1.76. The Labute approximate surface area is 121 Å². The molecule has 0 unspecified atom stereocenters. The van der Waals surface area contributed by atoms with Crippen LogP contribution in [0.4, 0.5) is 18.9 Å². The van der Waals surface area contributed by atoms with Crippen molar-refractivity contribution >= 4 is 21.6 Å². The first-order valence-corrected chi connectivity index (χ1v) is 6.42. The van der Waals surface area contributed by atoms with E-state index >= 15 is 0 Å². The molecule has 0 radical (unpaired) electrons. The van der Waals surface area contributed by atoms with Crippen molar-refractivity contribution in [3.8, 4) is 5.75 Å². The van der Waals surface area contributed by atoms with Gasteiger partial charge in [0.05, 0.1) is 11.9 Å². The van der Waals surface area contributed by atoms with Crippen molar-refractivity contribution in [2.75, 3.05) is 5.32 Å². The maximum Gasteiger partial charge on any atom is 0.573 e. The molecular weight excluding hydrogens is 337 g/mol. The highest BCUT2D eigenvalue weighted by Gasteiger charge is 2.30. The number of aromatic nitrogens is 1. The first-order chi connectivity index (χ1) is 9.42. The standard InChI is InChI=1S/C13H10BrF3N2O/c14-12-6-3-10(8-19-12)18-7-9-1-4-11(5-2-9)20-13(15,16)17/h1-6,8,18H,7H2. The van der Waals surface area contributed by atoms with Crippen molar-refractivity contribution in [1.29, 1.82) is 0 Å². The van der Waals surface area contributed by atoms with Crippen molar-refractivity contribution in [1.82, 2.24) is 4.98 Å². The Morgan fingerprint density at radius 1 is 1.10 bits per heavy atom. The van der Waals surface area contributed by atoms with Gasteiger partial charge < -0.3 is 10.1 Å². The lowest BCUT2D eigenvalue weighted by molar-refractivity contribution is -0.274. The summed E-state index contributed by atoms with van der Waals surface area (Å²) in [5.74, 6) is -0.230. The average molecular weight is 347 g/mol. The van der Waals surface area contributed by atoms with Gasteiger partial charge in [0, 0.05) is 6.54 Å². The van der Waals surface area contributed by atoms with E-state index in [1.807, 2.05) is 6.07 Å². The van der Waals surface area contributed by atoms with Gasteiger partial charge >= 0.3 is 6.36 Å². The molecule has 3 nitrogen and oxygen atoms in total. The monoisotopic (exact) mass is 346 g/mol. The lowest BCUT2D eigenvalue weighted by Gasteiger charge is -2.10. The number of ether oxygens (including phenoxy) is 1. The van der Waals surface area contributed by atoms with Gasteiger partial charge in [-0.05, 0) is 45.8 Å². The van der Waals surface area contributed by atoms with Crippen molar-refractivity contribution in [3.05, 3.63) is 52.8 Å². The number of rotatable bonds is 4. The number of anilines is 1. The maximum absolute atomic E-state index is 12.0. The molecule has 0 saturated heterocycles. The van der Waals surface area contributed by atoms with E-state index in [1.54, 1.807) is 24.4 Å². The van der Waals surface area contributed by atoms with Crippen LogP contribution in [0.2, 0.25) is 0 Å². The second-order valence-electron chi connectivity index (χ2n) is 3.91. The molecule has 0 spiro atoms. The van der Waals surface area contributed by atoms with E-state index in [2.05, 4.69) is 31.0 Å². The Balaban J connectivity index is 1.92. The minimum absolute atomic E-state index is 0.230. The Bertz CT molecular complexity index is 555. The summed E-state index contributed by atoms with van der Waals surface area (Å²) in [5.41, 5.74) is 1.66. The van der Waals surface area contributed by atoms with Crippen LogP contribution in [-0.2, 0) is 6.54 Å². The fourth-order valence-electron chi connectivity index (χ4n) is 1.49. The van der Waals surface area contributed by atoms with Crippen LogP contribution in [0, 0.1) is 0 Å². The van der Waals surface area contributed by atoms with E-state index in [9.17, 15) is 13.2 Å². The Kier molecular flexibility index (Phi) is 4.49. The minimum Gasteiger partial charge on any atom is -0.406 e. The molecule has 0 aliphatic heterocycles. The quantitative estimate of drug-likeness (QED) is 0.835. The molecular formula is C13H10BrF3N2O. The molecule has 106 valence electrons. The van der Waals surface area contributed by atoms with Crippen LogP contribution in [0.3, 0.4) is 0 Å². The molecule has 20 heavy (non-hydrogen) atoms. The Morgan fingerprint density at radius 3 is 2.35 bits per heavy atom. The molecule has 0 bridgehead atoms. The van der Waals surface area contributed by atoms with Gasteiger partial charge in [0.1, 0.15) is 10.4 Å². The lowest BCUT2D eigenvalue weighted by Crippen LogP contribution is -2.17. The van der Waals surface area contributed by atoms with Crippen LogP contribution in [0.5, 0.6) is 5.75 Å². The number of hydrogen-bond donors (Lipinski definition) is 1. The maximum atomic E-state index is 12.0. The summed E-state index contributed by atoms with van der Waals surface area (Å²) < 4.78 is 40.5. The molecule has 0 aliphatic rings. The molecule has 0 aliphatic carbocycles. The SMILES string of the molecule is FC(F)(F)Oc1ccc(CNc2ccc(Br)nc2)cc1. The van der Waals surface area contributed by atoms with Crippen LogP contribution in [0.1, 0.15) is 5.56 Å². The van der Waals surface area contributed by atoms with Crippen LogP contribution < -0.4 is 10.1 Å². The summed E-state index contributed by atoms with van der Waals surface area (Å²) in [7, 11) is 0. The number of alkyl halides is 3. The highest BCUT2D eigenvalue weighted by atomic mass is 79.9. The van der Waals surface area contributed by atoms with E-state index in [1.165, 1.54) is 12.1 Å². The molecule has 0 atom stereocenters. The zero-order chi connectivity index (χ0) is 14.6. The molecule has 2 rings (SSSR count). The van der Waals surface area contributed by atoms with Crippen molar-refractivity contribution in [2.24, 2.45) is 0 Å². The van der Waals surface area contributed by atoms with Crippen LogP contribution >= 0.6 is 15.9 Å². The van der Waals surface area contributed by atoms with E-state index in [0.29, 0.717) is 6.54 Å². The second-order valence-corrected chi connectivity index (χ2v) is 4.73. The van der Waals surface area contributed by atoms with Gasteiger partial charge in [-0.15, -0.1) is 13.2 Å². The fraction of sp³-hybridized carbons (Fsp3) is 0.154. The summed E-state index contributed by atoms with van der Waals surface area (Å²) in [6.07, 6.45) is -3.01. The van der Waals surface area contributed by atoms with Crippen molar-refractivity contribution in [2.45, 2.75) is 12.9 Å². The molecule has 1 aromatic heterocycles. The first-order valence-electron chi connectivity index (χ1n) is 5.62. The largest absolute Gasteiger partial charge is 0.573 e.